The van der Waals surface area contributed by atoms with Gasteiger partial charge >= 0.3 is 0 Å². The molecular formula is C27H26N10O2. The molecule has 7 rings (SSSR count). The van der Waals surface area contributed by atoms with E-state index >= 15 is 0 Å². The molecular weight excluding hydrogens is 496 g/mol. The average molecular weight is 523 g/mol. The minimum Gasteiger partial charge on any atom is -0.383 e. The van der Waals surface area contributed by atoms with E-state index in [2.05, 4.69) is 25.3 Å². The number of piperidine rings is 1. The fourth-order valence-corrected chi connectivity index (χ4v) is 6.28. The van der Waals surface area contributed by atoms with Crippen molar-refractivity contribution in [2.24, 2.45) is 10.2 Å². The third-order valence-electron chi connectivity index (χ3n) is 8.04. The molecule has 7 heterocycles. The Morgan fingerprint density at radius 3 is 2.56 bits per heavy atom. The molecule has 12 nitrogen and oxygen atoms in total. The number of nitrogens with two attached hydrogens (primary N) is 1. The lowest BCUT2D eigenvalue weighted by molar-refractivity contribution is -0.128. The van der Waals surface area contributed by atoms with Crippen molar-refractivity contribution < 1.29 is 9.59 Å². The van der Waals surface area contributed by atoms with Crippen LogP contribution < -0.4 is 5.73 Å². The Balaban J connectivity index is 1.26. The molecule has 2 saturated heterocycles. The second-order valence-electron chi connectivity index (χ2n) is 10.3. The minimum absolute atomic E-state index is 0.0102. The number of hydrogen-bond acceptors (Lipinski definition) is 9. The Labute approximate surface area is 223 Å². The standard InChI is InChI=1S/C27H26N10O2/c1-15(38)23-24(17-10-18-3-4-19(11-17)36(18)27(39)21-6-7-31-34-21)33-26-20(13-32-37(26)25(23)28)16-2-5-22(30-12-16)35-9-8-29-14-35/h2,5,7-9,12-14,17-19H,3-4,6,10-11,28H2,1H3/t17?,18-,19+. The number of aromatic nitrogens is 6. The molecule has 4 aromatic heterocycles. The van der Waals surface area contributed by atoms with Gasteiger partial charge in [-0.1, -0.05) is 0 Å². The van der Waals surface area contributed by atoms with Gasteiger partial charge in [-0.15, -0.1) is 5.10 Å². The summed E-state index contributed by atoms with van der Waals surface area (Å²) in [5, 5.41) is 12.4. The number of rotatable bonds is 5. The van der Waals surface area contributed by atoms with E-state index in [0.29, 0.717) is 41.9 Å². The van der Waals surface area contributed by atoms with Crippen LogP contribution in [0.1, 0.15) is 61.0 Å². The Kier molecular flexibility index (Phi) is 5.35. The predicted octanol–water partition coefficient (Wildman–Crippen LogP) is 2.83. The first kappa shape index (κ1) is 23.4. The van der Waals surface area contributed by atoms with E-state index in [1.165, 1.54) is 11.4 Å². The van der Waals surface area contributed by atoms with Crippen molar-refractivity contribution in [2.45, 2.75) is 57.0 Å². The van der Waals surface area contributed by atoms with Crippen LogP contribution >= 0.6 is 0 Å². The van der Waals surface area contributed by atoms with Crippen LogP contribution in [0, 0.1) is 0 Å². The van der Waals surface area contributed by atoms with Crippen LogP contribution in [0.2, 0.25) is 0 Å². The molecule has 2 fully saturated rings. The second kappa shape index (κ2) is 8.93. The molecule has 0 saturated carbocycles. The molecule has 2 N–H and O–H groups in total. The van der Waals surface area contributed by atoms with E-state index < -0.39 is 0 Å². The monoisotopic (exact) mass is 522 g/mol. The van der Waals surface area contributed by atoms with Crippen LogP contribution in [-0.4, -0.2) is 69.7 Å². The fraction of sp³-hybridized carbons (Fsp3) is 0.333. The van der Waals surface area contributed by atoms with Gasteiger partial charge in [0.2, 0.25) is 0 Å². The van der Waals surface area contributed by atoms with Crippen LogP contribution in [-0.2, 0) is 4.79 Å². The Morgan fingerprint density at radius 1 is 1.10 bits per heavy atom. The molecule has 3 aliphatic rings. The average Bonchev–Trinajstić information content (AvgIpc) is 3.75. The fourth-order valence-electron chi connectivity index (χ4n) is 6.28. The van der Waals surface area contributed by atoms with Gasteiger partial charge in [0.05, 0.1) is 17.5 Å². The first-order valence-electron chi connectivity index (χ1n) is 13.0. The zero-order valence-corrected chi connectivity index (χ0v) is 21.3. The van der Waals surface area contributed by atoms with E-state index in [1.807, 2.05) is 27.8 Å². The van der Waals surface area contributed by atoms with Crippen molar-refractivity contribution in [3.8, 4) is 16.9 Å². The number of carbonyl (C=O) groups is 2. The number of carbonyl (C=O) groups excluding carboxylic acids is 2. The third kappa shape index (κ3) is 3.74. The van der Waals surface area contributed by atoms with Crippen molar-refractivity contribution in [1.29, 1.82) is 0 Å². The summed E-state index contributed by atoms with van der Waals surface area (Å²) in [4.78, 5) is 41.7. The lowest BCUT2D eigenvalue weighted by Gasteiger charge is -2.39. The van der Waals surface area contributed by atoms with Gasteiger partial charge in [0.15, 0.2) is 11.4 Å². The van der Waals surface area contributed by atoms with Crippen molar-refractivity contribution in [1.82, 2.24) is 34.0 Å². The number of nitrogens with zero attached hydrogens (tertiary/aromatic N) is 9. The van der Waals surface area contributed by atoms with Gasteiger partial charge < -0.3 is 10.6 Å². The molecule has 39 heavy (non-hydrogen) atoms. The van der Waals surface area contributed by atoms with Gasteiger partial charge in [0.1, 0.15) is 23.7 Å². The van der Waals surface area contributed by atoms with Crippen molar-refractivity contribution in [3.05, 3.63) is 54.5 Å². The summed E-state index contributed by atoms with van der Waals surface area (Å²) in [5.41, 5.74) is 10.3. The van der Waals surface area contributed by atoms with Crippen molar-refractivity contribution in [2.75, 3.05) is 5.73 Å². The Morgan fingerprint density at radius 2 is 1.92 bits per heavy atom. The highest BCUT2D eigenvalue weighted by atomic mass is 16.2. The second-order valence-corrected chi connectivity index (χ2v) is 10.3. The molecule has 3 aliphatic heterocycles. The normalized spacial score (nSPS) is 22.0. The summed E-state index contributed by atoms with van der Waals surface area (Å²) >= 11 is 0. The number of ketones is 1. The minimum atomic E-state index is -0.149. The molecule has 4 aromatic rings. The number of amides is 1. The first-order chi connectivity index (χ1) is 19.0. The largest absolute Gasteiger partial charge is 0.383 e. The number of nitrogen functional groups attached to an aromatic ring is 1. The molecule has 1 amide bonds. The Hall–Kier alpha value is -4.74. The SMILES string of the molecule is CC(=O)c1c(C2C[C@H]3CC[C@@H](C2)N3C(=O)C2=NN=CC2)nc2c(-c3ccc(-n4ccnc4)nc3)cnn2c1N. The molecule has 0 radical (unpaired) electrons. The summed E-state index contributed by atoms with van der Waals surface area (Å²) in [6.45, 7) is 1.51. The summed E-state index contributed by atoms with van der Waals surface area (Å²) in [6, 6.07) is 3.98. The van der Waals surface area contributed by atoms with Crippen LogP contribution in [0.25, 0.3) is 22.6 Å². The molecule has 196 valence electrons. The number of pyridine rings is 1. The highest BCUT2D eigenvalue weighted by Gasteiger charge is 2.46. The number of imidazole rings is 1. The summed E-state index contributed by atoms with van der Waals surface area (Å²) in [6.07, 6.45) is 14.1. The number of Topliss-reactive ketones (excluding diaryl/α,β-unsaturated/α-hetero) is 1. The number of hydrogen-bond donors (Lipinski definition) is 1. The molecule has 0 aliphatic carbocycles. The maximum absolute atomic E-state index is 13.2. The van der Waals surface area contributed by atoms with Crippen molar-refractivity contribution in [3.63, 3.8) is 0 Å². The highest BCUT2D eigenvalue weighted by Crippen LogP contribution is 2.44. The maximum Gasteiger partial charge on any atom is 0.271 e. The van der Waals surface area contributed by atoms with Gasteiger partial charge in [-0.25, -0.2) is 15.0 Å². The summed E-state index contributed by atoms with van der Waals surface area (Å²) < 4.78 is 3.36. The topological polar surface area (TPSA) is 149 Å². The zero-order valence-electron chi connectivity index (χ0n) is 21.3. The van der Waals surface area contributed by atoms with Gasteiger partial charge in [-0.3, -0.25) is 14.2 Å². The molecule has 12 heteroatoms. The van der Waals surface area contributed by atoms with Gasteiger partial charge in [0.25, 0.3) is 5.91 Å². The maximum atomic E-state index is 13.2. The predicted molar refractivity (Wildman–Crippen MR) is 144 cm³/mol. The van der Waals surface area contributed by atoms with Gasteiger partial charge in [-0.2, -0.15) is 14.7 Å². The first-order valence-corrected chi connectivity index (χ1v) is 13.0. The molecule has 1 unspecified atom stereocenters. The molecule has 2 bridgehead atoms. The van der Waals surface area contributed by atoms with Crippen LogP contribution in [0.4, 0.5) is 5.82 Å². The van der Waals surface area contributed by atoms with Gasteiger partial charge in [-0.05, 0) is 44.7 Å². The lowest BCUT2D eigenvalue weighted by atomic mass is 9.85. The van der Waals surface area contributed by atoms with Crippen LogP contribution in [0.15, 0.2) is 53.5 Å². The van der Waals surface area contributed by atoms with E-state index in [0.717, 1.165) is 29.8 Å². The van der Waals surface area contributed by atoms with Gasteiger partial charge in [0, 0.05) is 60.4 Å². The Bertz CT molecular complexity index is 1650. The van der Waals surface area contributed by atoms with E-state index in [4.69, 9.17) is 10.7 Å². The lowest BCUT2D eigenvalue weighted by Crippen LogP contribution is -2.48. The molecule has 0 spiro atoms. The quantitative estimate of drug-likeness (QED) is 0.396. The van der Waals surface area contributed by atoms with Crippen molar-refractivity contribution >= 4 is 35.1 Å². The molecule has 0 aromatic carbocycles. The van der Waals surface area contributed by atoms with E-state index in [1.54, 1.807) is 31.1 Å². The number of fused-ring (bicyclic) bond motifs is 3. The zero-order chi connectivity index (χ0) is 26.7. The third-order valence-corrected chi connectivity index (χ3v) is 8.04. The molecule has 3 atom stereocenters. The van der Waals surface area contributed by atoms with E-state index in [-0.39, 0.29) is 35.5 Å². The van der Waals surface area contributed by atoms with Crippen LogP contribution in [0.3, 0.4) is 0 Å². The van der Waals surface area contributed by atoms with E-state index in [9.17, 15) is 9.59 Å². The smallest absolute Gasteiger partial charge is 0.271 e. The highest BCUT2D eigenvalue weighted by molar-refractivity contribution is 6.42. The number of anilines is 1. The summed E-state index contributed by atoms with van der Waals surface area (Å²) in [5.74, 6) is 0.831. The van der Waals surface area contributed by atoms with Crippen LogP contribution in [0.5, 0.6) is 0 Å². The summed E-state index contributed by atoms with van der Waals surface area (Å²) in [7, 11) is 0.